The van der Waals surface area contributed by atoms with Gasteiger partial charge in [0.15, 0.2) is 0 Å². The molecule has 3 rings (SSSR count). The Balaban J connectivity index is 2.68. The van der Waals surface area contributed by atoms with Crippen LogP contribution in [0.3, 0.4) is 0 Å². The predicted molar refractivity (Wildman–Crippen MR) is 122 cm³/mol. The van der Waals surface area contributed by atoms with Gasteiger partial charge in [-0.2, -0.15) is 0 Å². The van der Waals surface area contributed by atoms with Crippen LogP contribution in [0.1, 0.15) is 16.7 Å². The van der Waals surface area contributed by atoms with E-state index in [1.807, 2.05) is 0 Å². The standard InChI is InChI=1S/C22H18Cl3F3GeO3/c1-30-19-7-4-13(26)10-16(19)22(29(23,24)25,17-11-14(27)5-8-20(17)31-2)18-12-15(28)6-9-21(18)32-3/h4-12H,1-3H3. The molecule has 0 aromatic heterocycles. The third-order valence-corrected chi connectivity index (χ3v) is 13.0. The van der Waals surface area contributed by atoms with Gasteiger partial charge in [-0.15, -0.1) is 0 Å². The minimum atomic E-state index is -4.84. The van der Waals surface area contributed by atoms with Gasteiger partial charge in [0.1, 0.15) is 0 Å². The van der Waals surface area contributed by atoms with Gasteiger partial charge in [-0.3, -0.25) is 0 Å². The van der Waals surface area contributed by atoms with Crippen LogP contribution in [0.15, 0.2) is 54.6 Å². The van der Waals surface area contributed by atoms with Crippen molar-refractivity contribution in [2.45, 2.75) is 4.25 Å². The summed E-state index contributed by atoms with van der Waals surface area (Å²) >= 11 is 0. The molecule has 32 heavy (non-hydrogen) atoms. The van der Waals surface area contributed by atoms with Crippen LogP contribution in [0.5, 0.6) is 17.2 Å². The SMILES string of the molecule is COc1ccc(F)cc1[C](c1cc(F)ccc1OC)(c1cc(F)ccc1OC)[Ge]([Cl])([Cl])[Cl]. The van der Waals surface area contributed by atoms with Crippen molar-refractivity contribution in [3.63, 3.8) is 0 Å². The van der Waals surface area contributed by atoms with E-state index < -0.39 is 32.2 Å². The molecule has 0 amide bonds. The van der Waals surface area contributed by atoms with Gasteiger partial charge in [0.05, 0.1) is 0 Å². The number of hydrogen-bond acceptors (Lipinski definition) is 3. The molecule has 0 atom stereocenters. The van der Waals surface area contributed by atoms with E-state index in [1.54, 1.807) is 0 Å². The van der Waals surface area contributed by atoms with Crippen LogP contribution in [0.25, 0.3) is 0 Å². The van der Waals surface area contributed by atoms with Gasteiger partial charge >= 0.3 is 199 Å². The van der Waals surface area contributed by atoms with Crippen LogP contribution in [0.4, 0.5) is 13.2 Å². The van der Waals surface area contributed by atoms with E-state index in [-0.39, 0.29) is 33.9 Å². The first-order valence-corrected chi connectivity index (χ1v) is 18.5. The summed E-state index contributed by atoms with van der Waals surface area (Å²) in [6.07, 6.45) is 0. The van der Waals surface area contributed by atoms with E-state index in [0.717, 1.165) is 18.2 Å². The Bertz CT molecular complexity index is 1010. The summed E-state index contributed by atoms with van der Waals surface area (Å²) in [6, 6.07) is 11.0. The van der Waals surface area contributed by atoms with Crippen LogP contribution < -0.4 is 14.2 Å². The van der Waals surface area contributed by atoms with Gasteiger partial charge in [0.2, 0.25) is 0 Å². The Kier molecular flexibility index (Phi) is 7.49. The number of halogens is 6. The Morgan fingerprint density at radius 3 is 1.09 bits per heavy atom. The van der Waals surface area contributed by atoms with Crippen LogP contribution in [0.2, 0.25) is 0 Å². The zero-order valence-corrected chi connectivity index (χ0v) is 21.6. The molecule has 3 aromatic rings. The average molecular weight is 566 g/mol. The Morgan fingerprint density at radius 1 is 0.594 bits per heavy atom. The number of methoxy groups -OCH3 is 3. The first-order valence-electron chi connectivity index (χ1n) is 9.19. The molecule has 0 heterocycles. The Labute approximate surface area is 198 Å². The maximum absolute atomic E-state index is 14.6. The van der Waals surface area contributed by atoms with Crippen molar-refractivity contribution in [1.82, 2.24) is 0 Å². The monoisotopic (exact) mass is 566 g/mol. The molecule has 3 nitrogen and oxygen atoms in total. The summed E-state index contributed by atoms with van der Waals surface area (Å²) in [4.78, 5) is 0. The van der Waals surface area contributed by atoms with Gasteiger partial charge < -0.3 is 0 Å². The fourth-order valence-corrected chi connectivity index (χ4v) is 11.7. The fourth-order valence-electron chi connectivity index (χ4n) is 3.81. The molecule has 0 N–H and O–H groups in total. The fraction of sp³-hybridized carbons (Fsp3) is 0.182. The molecule has 3 aromatic carbocycles. The van der Waals surface area contributed by atoms with E-state index in [0.29, 0.717) is 0 Å². The number of benzene rings is 3. The second kappa shape index (κ2) is 9.63. The third kappa shape index (κ3) is 4.26. The summed E-state index contributed by atoms with van der Waals surface area (Å²) < 4.78 is 58.3. The number of hydrogen-bond donors (Lipinski definition) is 0. The van der Waals surface area contributed by atoms with Crippen molar-refractivity contribution in [3.8, 4) is 17.2 Å². The molecule has 0 unspecified atom stereocenters. The summed E-state index contributed by atoms with van der Waals surface area (Å²) in [6.45, 7) is 0. The number of ether oxygens (including phenoxy) is 3. The zero-order valence-electron chi connectivity index (χ0n) is 17.2. The van der Waals surface area contributed by atoms with Crippen molar-refractivity contribution in [3.05, 3.63) is 88.7 Å². The average Bonchev–Trinajstić information content (AvgIpc) is 2.74. The second-order valence-electron chi connectivity index (χ2n) is 6.78. The van der Waals surface area contributed by atoms with Crippen LogP contribution >= 0.6 is 30.0 Å². The molecule has 0 spiro atoms. The van der Waals surface area contributed by atoms with Gasteiger partial charge in [-0.05, 0) is 0 Å². The number of rotatable bonds is 7. The molecular weight excluding hydrogens is 548 g/mol. The van der Waals surface area contributed by atoms with Crippen molar-refractivity contribution < 1.29 is 27.4 Å². The van der Waals surface area contributed by atoms with Gasteiger partial charge in [0, 0.05) is 0 Å². The zero-order chi connectivity index (χ0) is 23.7. The Morgan fingerprint density at radius 2 is 0.875 bits per heavy atom. The normalized spacial score (nSPS) is 11.9. The molecule has 170 valence electrons. The van der Waals surface area contributed by atoms with Crippen molar-refractivity contribution in [2.24, 2.45) is 0 Å². The van der Waals surface area contributed by atoms with Crippen molar-refractivity contribution in [1.29, 1.82) is 0 Å². The van der Waals surface area contributed by atoms with E-state index >= 15 is 0 Å². The molecule has 0 aliphatic heterocycles. The van der Waals surface area contributed by atoms with Crippen molar-refractivity contribution >= 4 is 40.5 Å². The topological polar surface area (TPSA) is 27.7 Å². The second-order valence-corrected chi connectivity index (χ2v) is 22.3. The molecule has 0 radical (unpaired) electrons. The third-order valence-electron chi connectivity index (χ3n) is 5.12. The molecule has 0 aliphatic carbocycles. The van der Waals surface area contributed by atoms with E-state index in [1.165, 1.54) is 57.7 Å². The quantitative estimate of drug-likeness (QED) is 0.237. The predicted octanol–water partition coefficient (Wildman–Crippen LogP) is 6.66. The maximum atomic E-state index is 14.6. The summed E-state index contributed by atoms with van der Waals surface area (Å²) in [5.74, 6) is -1.52. The van der Waals surface area contributed by atoms with E-state index in [2.05, 4.69) is 0 Å². The molecule has 0 saturated carbocycles. The molecule has 0 bridgehead atoms. The molecular formula is C22H18Cl3F3GeO3. The summed E-state index contributed by atoms with van der Waals surface area (Å²) in [5.41, 5.74) is 0.230. The summed E-state index contributed by atoms with van der Waals surface area (Å²) in [5, 5.41) is 0. The van der Waals surface area contributed by atoms with Gasteiger partial charge in [-0.1, -0.05) is 0 Å². The van der Waals surface area contributed by atoms with E-state index in [9.17, 15) is 13.2 Å². The first kappa shape index (κ1) is 24.9. The molecule has 0 aliphatic rings. The van der Waals surface area contributed by atoms with Crippen molar-refractivity contribution in [2.75, 3.05) is 21.3 Å². The van der Waals surface area contributed by atoms with Gasteiger partial charge in [0.25, 0.3) is 0 Å². The van der Waals surface area contributed by atoms with E-state index in [4.69, 9.17) is 44.2 Å². The molecule has 10 heteroatoms. The van der Waals surface area contributed by atoms with Crippen LogP contribution in [-0.2, 0) is 4.25 Å². The molecule has 0 fully saturated rings. The van der Waals surface area contributed by atoms with Crippen LogP contribution in [-0.4, -0.2) is 31.8 Å². The molecule has 0 saturated heterocycles. The van der Waals surface area contributed by atoms with Gasteiger partial charge in [-0.25, -0.2) is 0 Å². The Hall–Kier alpha value is -1.74. The first-order chi connectivity index (χ1) is 15.1. The minimum absolute atomic E-state index is 0.0767. The summed E-state index contributed by atoms with van der Waals surface area (Å²) in [7, 11) is 19.6. The van der Waals surface area contributed by atoms with Crippen LogP contribution in [0, 0.1) is 17.5 Å².